The highest BCUT2D eigenvalue weighted by atomic mass is 35.5. The first-order valence-electron chi connectivity index (χ1n) is 8.80. The van der Waals surface area contributed by atoms with Crippen molar-refractivity contribution < 1.29 is 4.79 Å². The van der Waals surface area contributed by atoms with Crippen LogP contribution in [0, 0.1) is 0 Å². The molecule has 0 atom stereocenters. The topological polar surface area (TPSA) is 32.3 Å². The molecule has 0 radical (unpaired) electrons. The van der Waals surface area contributed by atoms with Gasteiger partial charge in [0.1, 0.15) is 0 Å². The highest BCUT2D eigenvalue weighted by Crippen LogP contribution is 2.21. The molecule has 3 nitrogen and oxygen atoms in total. The number of anilines is 2. The largest absolute Gasteiger partial charge is 0.372 e. The Balaban J connectivity index is 1.57. The molecule has 1 aliphatic rings. The summed E-state index contributed by atoms with van der Waals surface area (Å²) in [6.45, 7) is 2.24. The van der Waals surface area contributed by atoms with Crippen LogP contribution in [0.4, 0.5) is 11.4 Å². The number of amides is 1. The smallest absolute Gasteiger partial charge is 0.248 e. The van der Waals surface area contributed by atoms with Gasteiger partial charge in [0, 0.05) is 35.6 Å². The van der Waals surface area contributed by atoms with Gasteiger partial charge in [-0.3, -0.25) is 4.79 Å². The fraction of sp³-hybridized carbons (Fsp3) is 0.286. The second-order valence-electron chi connectivity index (χ2n) is 6.32. The number of halogens is 1. The van der Waals surface area contributed by atoms with Crippen molar-refractivity contribution in [2.24, 2.45) is 0 Å². The maximum absolute atomic E-state index is 12.1. The summed E-state index contributed by atoms with van der Waals surface area (Å²) in [5.74, 6) is -0.141. The van der Waals surface area contributed by atoms with Gasteiger partial charge in [0.2, 0.25) is 5.91 Å². The third kappa shape index (κ3) is 5.36. The maximum Gasteiger partial charge on any atom is 0.248 e. The molecule has 0 aromatic heterocycles. The van der Waals surface area contributed by atoms with Crippen molar-refractivity contribution in [3.05, 3.63) is 65.2 Å². The highest BCUT2D eigenvalue weighted by Gasteiger charge is 2.09. The van der Waals surface area contributed by atoms with Crippen LogP contribution in [-0.2, 0) is 4.79 Å². The van der Waals surface area contributed by atoms with E-state index in [0.717, 1.165) is 24.3 Å². The molecule has 130 valence electrons. The zero-order valence-corrected chi connectivity index (χ0v) is 15.0. The van der Waals surface area contributed by atoms with Crippen LogP contribution >= 0.6 is 11.6 Å². The minimum absolute atomic E-state index is 0.141. The number of benzene rings is 2. The third-order valence-corrected chi connectivity index (χ3v) is 4.66. The zero-order valence-electron chi connectivity index (χ0n) is 14.2. The molecular formula is C21H23ClN2O. The summed E-state index contributed by atoms with van der Waals surface area (Å²) in [6, 6.07) is 15.5. The van der Waals surface area contributed by atoms with Crippen LogP contribution in [-0.4, -0.2) is 19.0 Å². The Bertz CT molecular complexity index is 715. The Kier molecular flexibility index (Phi) is 6.13. The van der Waals surface area contributed by atoms with Crippen LogP contribution in [0.3, 0.4) is 0 Å². The van der Waals surface area contributed by atoms with Gasteiger partial charge in [0.25, 0.3) is 0 Å². The third-order valence-electron chi connectivity index (χ3n) is 4.40. The molecule has 0 aliphatic carbocycles. The number of nitrogens with zero attached hydrogens (tertiary/aromatic N) is 1. The predicted octanol–water partition coefficient (Wildman–Crippen LogP) is 5.37. The van der Waals surface area contributed by atoms with E-state index in [9.17, 15) is 4.79 Å². The van der Waals surface area contributed by atoms with E-state index in [1.165, 1.54) is 37.4 Å². The summed E-state index contributed by atoms with van der Waals surface area (Å²) in [5, 5.41) is 3.58. The Morgan fingerprint density at radius 1 is 0.920 bits per heavy atom. The number of carbonyl (C=O) groups excluding carboxylic acids is 1. The first kappa shape index (κ1) is 17.6. The van der Waals surface area contributed by atoms with Gasteiger partial charge in [-0.1, -0.05) is 36.6 Å². The molecule has 1 saturated heterocycles. The van der Waals surface area contributed by atoms with Gasteiger partial charge in [-0.15, -0.1) is 0 Å². The lowest BCUT2D eigenvalue weighted by Crippen LogP contribution is -2.23. The molecule has 1 aliphatic heterocycles. The molecule has 3 rings (SSSR count). The van der Waals surface area contributed by atoms with Gasteiger partial charge in [0.05, 0.1) is 0 Å². The lowest BCUT2D eigenvalue weighted by molar-refractivity contribution is -0.111. The van der Waals surface area contributed by atoms with Crippen LogP contribution in [0.1, 0.15) is 31.2 Å². The molecule has 1 heterocycles. The summed E-state index contributed by atoms with van der Waals surface area (Å²) >= 11 is 5.85. The summed E-state index contributed by atoms with van der Waals surface area (Å²) in [4.78, 5) is 14.5. The molecule has 0 unspecified atom stereocenters. The van der Waals surface area contributed by atoms with Crippen LogP contribution in [0.25, 0.3) is 6.08 Å². The molecule has 25 heavy (non-hydrogen) atoms. The van der Waals surface area contributed by atoms with Gasteiger partial charge in [0.15, 0.2) is 0 Å². The molecule has 4 heteroatoms. The quantitative estimate of drug-likeness (QED) is 0.748. The predicted molar refractivity (Wildman–Crippen MR) is 106 cm³/mol. The number of rotatable bonds is 4. The Morgan fingerprint density at radius 2 is 1.56 bits per heavy atom. The van der Waals surface area contributed by atoms with Gasteiger partial charge in [-0.05, 0) is 60.9 Å². The summed E-state index contributed by atoms with van der Waals surface area (Å²) < 4.78 is 0. The summed E-state index contributed by atoms with van der Waals surface area (Å²) in [7, 11) is 0. The van der Waals surface area contributed by atoms with Crippen molar-refractivity contribution in [2.45, 2.75) is 25.7 Å². The lowest BCUT2D eigenvalue weighted by Gasteiger charge is -2.22. The molecule has 2 aromatic carbocycles. The van der Waals surface area contributed by atoms with Crippen molar-refractivity contribution in [3.8, 4) is 0 Å². The number of carbonyl (C=O) groups is 1. The molecule has 0 bridgehead atoms. The van der Waals surface area contributed by atoms with Crippen molar-refractivity contribution in [2.75, 3.05) is 23.3 Å². The maximum atomic E-state index is 12.1. The van der Waals surface area contributed by atoms with Crippen molar-refractivity contribution in [1.82, 2.24) is 0 Å². The lowest BCUT2D eigenvalue weighted by atomic mass is 10.2. The van der Waals surface area contributed by atoms with E-state index < -0.39 is 0 Å². The van der Waals surface area contributed by atoms with Crippen LogP contribution in [0.15, 0.2) is 54.6 Å². The van der Waals surface area contributed by atoms with E-state index in [4.69, 9.17) is 11.6 Å². The fourth-order valence-electron chi connectivity index (χ4n) is 3.01. The standard InChI is InChI=1S/C21H23ClN2O/c22-18-8-5-17(6-9-18)7-14-21(25)23-19-10-12-20(13-11-19)24-15-3-1-2-4-16-24/h5-14H,1-4,15-16H2,(H,23,25)/b14-7+. The first-order valence-corrected chi connectivity index (χ1v) is 9.18. The van der Waals surface area contributed by atoms with Gasteiger partial charge >= 0.3 is 0 Å². The number of hydrogen-bond acceptors (Lipinski definition) is 2. The van der Waals surface area contributed by atoms with Gasteiger partial charge in [-0.25, -0.2) is 0 Å². The molecule has 2 aromatic rings. The molecule has 0 saturated carbocycles. The second kappa shape index (κ2) is 8.72. The molecule has 0 spiro atoms. The van der Waals surface area contributed by atoms with E-state index in [1.807, 2.05) is 24.3 Å². The minimum Gasteiger partial charge on any atom is -0.372 e. The van der Waals surface area contributed by atoms with E-state index in [0.29, 0.717) is 5.02 Å². The van der Waals surface area contributed by atoms with Gasteiger partial charge in [-0.2, -0.15) is 0 Å². The monoisotopic (exact) mass is 354 g/mol. The van der Waals surface area contributed by atoms with Gasteiger partial charge < -0.3 is 10.2 Å². The van der Waals surface area contributed by atoms with Crippen molar-refractivity contribution in [3.63, 3.8) is 0 Å². The Morgan fingerprint density at radius 3 is 2.20 bits per heavy atom. The average Bonchev–Trinajstić information content (AvgIpc) is 2.91. The highest BCUT2D eigenvalue weighted by molar-refractivity contribution is 6.30. The molecule has 1 fully saturated rings. The van der Waals surface area contributed by atoms with E-state index >= 15 is 0 Å². The summed E-state index contributed by atoms with van der Waals surface area (Å²) in [5.41, 5.74) is 2.98. The fourth-order valence-corrected chi connectivity index (χ4v) is 3.14. The van der Waals surface area contributed by atoms with Crippen LogP contribution < -0.4 is 10.2 Å². The van der Waals surface area contributed by atoms with Crippen molar-refractivity contribution >= 4 is 35.0 Å². The first-order chi connectivity index (χ1) is 12.2. The Labute approximate surface area is 154 Å². The summed E-state index contributed by atoms with van der Waals surface area (Å²) in [6.07, 6.45) is 8.47. The number of hydrogen-bond donors (Lipinski definition) is 1. The Hall–Kier alpha value is -2.26. The molecular weight excluding hydrogens is 332 g/mol. The van der Waals surface area contributed by atoms with Crippen LogP contribution in [0.2, 0.25) is 5.02 Å². The zero-order chi connectivity index (χ0) is 17.5. The number of nitrogens with one attached hydrogen (secondary N) is 1. The van der Waals surface area contributed by atoms with E-state index in [-0.39, 0.29) is 5.91 Å². The van der Waals surface area contributed by atoms with E-state index in [1.54, 1.807) is 18.2 Å². The molecule has 1 amide bonds. The average molecular weight is 355 g/mol. The second-order valence-corrected chi connectivity index (χ2v) is 6.76. The molecule has 1 N–H and O–H groups in total. The van der Waals surface area contributed by atoms with E-state index in [2.05, 4.69) is 22.3 Å². The minimum atomic E-state index is -0.141. The normalized spacial score (nSPS) is 15.2. The van der Waals surface area contributed by atoms with Crippen LogP contribution in [0.5, 0.6) is 0 Å². The van der Waals surface area contributed by atoms with Crippen molar-refractivity contribution in [1.29, 1.82) is 0 Å². The SMILES string of the molecule is O=C(/C=C/c1ccc(Cl)cc1)Nc1ccc(N2CCCCCC2)cc1.